The van der Waals surface area contributed by atoms with E-state index in [9.17, 15) is 5.26 Å². The molecular weight excluding hydrogens is 318 g/mol. The summed E-state index contributed by atoms with van der Waals surface area (Å²) in [4.78, 5) is 4.83. The highest BCUT2D eigenvalue weighted by molar-refractivity contribution is 7.20. The van der Waals surface area contributed by atoms with Gasteiger partial charge in [-0.25, -0.2) is 0 Å². The largest absolute Gasteiger partial charge is 0.378 e. The Morgan fingerprint density at radius 2 is 2.04 bits per heavy atom. The van der Waals surface area contributed by atoms with Gasteiger partial charge in [0, 0.05) is 25.6 Å². The third kappa shape index (κ3) is 3.27. The van der Waals surface area contributed by atoms with E-state index in [1.165, 1.54) is 28.4 Å². The maximum Gasteiger partial charge on any atom is 0.119 e. The summed E-state index contributed by atoms with van der Waals surface area (Å²) >= 11 is 1.87. The van der Waals surface area contributed by atoms with Crippen molar-refractivity contribution in [3.8, 4) is 6.07 Å². The first-order valence-corrected chi connectivity index (χ1v) is 9.92. The van der Waals surface area contributed by atoms with E-state index >= 15 is 0 Å². The van der Waals surface area contributed by atoms with Crippen molar-refractivity contribution in [3.63, 3.8) is 0 Å². The van der Waals surface area contributed by atoms with Crippen molar-refractivity contribution in [1.29, 1.82) is 5.26 Å². The topological polar surface area (TPSA) is 39.5 Å². The smallest absolute Gasteiger partial charge is 0.119 e. The predicted octanol–water partition coefficient (Wildman–Crippen LogP) is 4.15. The number of ether oxygens (including phenoxy) is 1. The summed E-state index contributed by atoms with van der Waals surface area (Å²) in [7, 11) is 0. The molecule has 2 fully saturated rings. The molecule has 0 radical (unpaired) electrons. The second kappa shape index (κ2) is 6.93. The van der Waals surface area contributed by atoms with Gasteiger partial charge in [-0.2, -0.15) is 5.26 Å². The van der Waals surface area contributed by atoms with Crippen LogP contribution in [0.3, 0.4) is 0 Å². The van der Waals surface area contributed by atoms with E-state index in [-0.39, 0.29) is 11.5 Å². The van der Waals surface area contributed by atoms with E-state index in [4.69, 9.17) is 4.74 Å². The molecule has 5 heteroatoms. The fraction of sp³-hybridized carbons (Fsp3) is 0.737. The molecule has 2 aliphatic heterocycles. The zero-order valence-electron chi connectivity index (χ0n) is 15.3. The minimum atomic E-state index is 0.0468. The van der Waals surface area contributed by atoms with Crippen molar-refractivity contribution >= 4 is 21.3 Å². The first-order chi connectivity index (χ1) is 11.5. The highest BCUT2D eigenvalue weighted by atomic mass is 32.1. The van der Waals surface area contributed by atoms with Crippen LogP contribution < -0.4 is 9.80 Å². The Labute approximate surface area is 150 Å². The second-order valence-corrected chi connectivity index (χ2v) is 8.89. The summed E-state index contributed by atoms with van der Waals surface area (Å²) < 4.78 is 5.53. The molecule has 1 aromatic rings. The van der Waals surface area contributed by atoms with Crippen LogP contribution in [0.5, 0.6) is 0 Å². The number of morpholine rings is 1. The lowest BCUT2D eigenvalue weighted by molar-refractivity contribution is 0.123. The van der Waals surface area contributed by atoms with Crippen LogP contribution in [0.4, 0.5) is 10.0 Å². The van der Waals surface area contributed by atoms with Gasteiger partial charge in [0.1, 0.15) is 6.04 Å². The van der Waals surface area contributed by atoms with Crippen molar-refractivity contribution < 1.29 is 4.74 Å². The Morgan fingerprint density at radius 3 is 2.62 bits per heavy atom. The molecule has 132 valence electrons. The Kier molecular flexibility index (Phi) is 5.08. The van der Waals surface area contributed by atoms with Gasteiger partial charge < -0.3 is 14.5 Å². The van der Waals surface area contributed by atoms with Crippen molar-refractivity contribution in [2.75, 3.05) is 36.1 Å². The van der Waals surface area contributed by atoms with E-state index in [1.54, 1.807) is 0 Å². The summed E-state index contributed by atoms with van der Waals surface area (Å²) in [5, 5.41) is 12.1. The highest BCUT2D eigenvalue weighted by Gasteiger charge is 2.40. The van der Waals surface area contributed by atoms with Crippen molar-refractivity contribution in [2.24, 2.45) is 0 Å². The number of rotatable bonds is 4. The first-order valence-electron chi connectivity index (χ1n) is 9.10. The molecule has 0 N–H and O–H groups in total. The molecule has 2 atom stereocenters. The lowest BCUT2D eigenvalue weighted by Crippen LogP contribution is -2.55. The molecule has 0 spiro atoms. The monoisotopic (exact) mass is 347 g/mol. The minimum absolute atomic E-state index is 0.0468. The Bertz CT molecular complexity index is 607. The maximum absolute atomic E-state index is 9.47. The Morgan fingerprint density at radius 1 is 1.33 bits per heavy atom. The normalized spacial score (nSPS) is 24.6. The van der Waals surface area contributed by atoms with E-state index in [0.29, 0.717) is 6.04 Å². The maximum atomic E-state index is 9.47. The van der Waals surface area contributed by atoms with Crippen LogP contribution in [-0.4, -0.2) is 38.4 Å². The molecule has 1 unspecified atom stereocenters. The molecular formula is C19H29N3OS. The SMILES string of the molecule is CCCC1C[C@@H](C#N)N1c1cc(C(C)(C)C)c(N2CCOCC2)s1. The average molecular weight is 348 g/mol. The van der Waals surface area contributed by atoms with Crippen LogP contribution >= 0.6 is 11.3 Å². The molecule has 3 rings (SSSR count). The number of thiophene rings is 1. The molecule has 2 aliphatic rings. The van der Waals surface area contributed by atoms with Gasteiger partial charge in [0.2, 0.25) is 0 Å². The zero-order valence-corrected chi connectivity index (χ0v) is 16.2. The van der Waals surface area contributed by atoms with E-state index in [2.05, 4.69) is 49.6 Å². The molecule has 3 heterocycles. The lowest BCUT2D eigenvalue weighted by Gasteiger charge is -2.46. The van der Waals surface area contributed by atoms with Crippen LogP contribution in [0.15, 0.2) is 6.07 Å². The molecule has 0 bridgehead atoms. The molecule has 24 heavy (non-hydrogen) atoms. The van der Waals surface area contributed by atoms with Gasteiger partial charge in [-0.15, -0.1) is 11.3 Å². The minimum Gasteiger partial charge on any atom is -0.378 e. The number of nitrogens with zero attached hydrogens (tertiary/aromatic N) is 3. The molecule has 0 saturated carbocycles. The summed E-state index contributed by atoms with van der Waals surface area (Å²) in [6.45, 7) is 12.6. The van der Waals surface area contributed by atoms with Gasteiger partial charge in [0.25, 0.3) is 0 Å². The second-order valence-electron chi connectivity index (χ2n) is 7.88. The van der Waals surface area contributed by atoms with E-state index in [1.807, 2.05) is 11.3 Å². The average Bonchev–Trinajstić information content (AvgIpc) is 2.96. The van der Waals surface area contributed by atoms with Crippen molar-refractivity contribution in [3.05, 3.63) is 11.6 Å². The fourth-order valence-corrected chi connectivity index (χ4v) is 5.22. The number of nitriles is 1. The van der Waals surface area contributed by atoms with Crippen LogP contribution in [0.25, 0.3) is 0 Å². The molecule has 0 aliphatic carbocycles. The standard InChI is InChI=1S/C19H29N3OS/c1-5-6-14-11-15(13-20)22(14)17-12-16(19(2,3)4)18(24-17)21-7-9-23-10-8-21/h12,14-15H,5-11H2,1-4H3/t14?,15-/m0/s1. The van der Waals surface area contributed by atoms with Crippen LogP contribution in [0, 0.1) is 11.3 Å². The van der Waals surface area contributed by atoms with Crippen LogP contribution in [-0.2, 0) is 10.2 Å². The molecule has 0 amide bonds. The number of anilines is 2. The Hall–Kier alpha value is -1.25. The van der Waals surface area contributed by atoms with Crippen molar-refractivity contribution in [1.82, 2.24) is 0 Å². The number of hydrogen-bond acceptors (Lipinski definition) is 5. The summed E-state index contributed by atoms with van der Waals surface area (Å²) in [5.41, 5.74) is 1.51. The molecule has 0 aromatic carbocycles. The van der Waals surface area contributed by atoms with Gasteiger partial charge in [-0.3, -0.25) is 0 Å². The predicted molar refractivity (Wildman–Crippen MR) is 101 cm³/mol. The lowest BCUT2D eigenvalue weighted by atomic mass is 9.87. The van der Waals surface area contributed by atoms with Gasteiger partial charge in [-0.05, 0) is 23.5 Å². The molecule has 1 aromatic heterocycles. The fourth-order valence-electron chi connectivity index (χ4n) is 3.67. The molecule has 2 saturated heterocycles. The summed E-state index contributed by atoms with van der Waals surface area (Å²) in [6, 6.07) is 5.41. The first kappa shape index (κ1) is 17.6. The van der Waals surface area contributed by atoms with E-state index < -0.39 is 0 Å². The van der Waals surface area contributed by atoms with Gasteiger partial charge in [-0.1, -0.05) is 34.1 Å². The summed E-state index contributed by atoms with van der Waals surface area (Å²) in [6.07, 6.45) is 3.36. The number of hydrogen-bond donors (Lipinski definition) is 0. The van der Waals surface area contributed by atoms with Crippen molar-refractivity contribution in [2.45, 2.75) is 64.5 Å². The summed E-state index contributed by atoms with van der Waals surface area (Å²) in [5.74, 6) is 0. The quantitative estimate of drug-likeness (QED) is 0.820. The van der Waals surface area contributed by atoms with Gasteiger partial charge in [0.05, 0.1) is 29.3 Å². The highest BCUT2D eigenvalue weighted by Crippen LogP contribution is 2.47. The van der Waals surface area contributed by atoms with Gasteiger partial charge >= 0.3 is 0 Å². The molecule has 4 nitrogen and oxygen atoms in total. The van der Waals surface area contributed by atoms with Gasteiger partial charge in [0.15, 0.2) is 0 Å². The zero-order chi connectivity index (χ0) is 17.3. The van der Waals surface area contributed by atoms with Crippen LogP contribution in [0.2, 0.25) is 0 Å². The third-order valence-electron chi connectivity index (χ3n) is 5.06. The Balaban J connectivity index is 1.94. The van der Waals surface area contributed by atoms with Crippen LogP contribution in [0.1, 0.15) is 52.5 Å². The third-order valence-corrected chi connectivity index (χ3v) is 6.26. The van der Waals surface area contributed by atoms with E-state index in [0.717, 1.165) is 32.7 Å².